The Morgan fingerprint density at radius 1 is 1.41 bits per heavy atom. The molecule has 1 aromatic heterocycles. The second-order valence-corrected chi connectivity index (χ2v) is 4.98. The summed E-state index contributed by atoms with van der Waals surface area (Å²) in [5, 5.41) is 18.6. The quantitative estimate of drug-likeness (QED) is 0.815. The highest BCUT2D eigenvalue weighted by Crippen LogP contribution is 2.48. The average Bonchev–Trinajstić information content (AvgIpc) is 3.06. The number of carboxylic acids is 1. The maximum absolute atomic E-state index is 11.4. The third-order valence-corrected chi connectivity index (χ3v) is 3.94. The summed E-state index contributed by atoms with van der Waals surface area (Å²) < 4.78 is 2.04. The van der Waals surface area contributed by atoms with Gasteiger partial charge in [-0.05, 0) is 32.1 Å². The fourth-order valence-electron chi connectivity index (χ4n) is 2.77. The van der Waals surface area contributed by atoms with E-state index in [9.17, 15) is 15.0 Å². The molecule has 0 unspecified atom stereocenters. The molecule has 5 heteroatoms. The van der Waals surface area contributed by atoms with Gasteiger partial charge in [0.1, 0.15) is 11.2 Å². The van der Waals surface area contributed by atoms with E-state index in [2.05, 4.69) is 4.98 Å². The highest BCUT2D eigenvalue weighted by molar-refractivity contribution is 5.83. The number of hydrogen-bond acceptors (Lipinski definition) is 3. The summed E-state index contributed by atoms with van der Waals surface area (Å²) in [5.41, 5.74) is 0.952. The van der Waals surface area contributed by atoms with Crippen molar-refractivity contribution in [1.82, 2.24) is 9.55 Å². The zero-order chi connectivity index (χ0) is 12.0. The summed E-state index contributed by atoms with van der Waals surface area (Å²) in [7, 11) is 0. The van der Waals surface area contributed by atoms with Crippen LogP contribution in [0.3, 0.4) is 0 Å². The first-order chi connectivity index (χ1) is 8.19. The Kier molecular flexibility index (Phi) is 2.26. The minimum absolute atomic E-state index is 0.0922. The van der Waals surface area contributed by atoms with Crippen LogP contribution in [0.25, 0.3) is 0 Å². The SMILES string of the molecule is O=C(O)C1(c2nc(CO)c3n2CCCC3)CC1. The lowest BCUT2D eigenvalue weighted by molar-refractivity contribution is -0.140. The molecule has 1 aliphatic heterocycles. The van der Waals surface area contributed by atoms with Gasteiger partial charge < -0.3 is 14.8 Å². The number of aromatic nitrogens is 2. The Labute approximate surface area is 99.1 Å². The van der Waals surface area contributed by atoms with E-state index >= 15 is 0 Å². The average molecular weight is 236 g/mol. The van der Waals surface area contributed by atoms with Crippen molar-refractivity contribution < 1.29 is 15.0 Å². The van der Waals surface area contributed by atoms with Gasteiger partial charge in [0.05, 0.1) is 12.3 Å². The van der Waals surface area contributed by atoms with E-state index in [0.29, 0.717) is 24.4 Å². The van der Waals surface area contributed by atoms with E-state index in [1.165, 1.54) is 0 Å². The van der Waals surface area contributed by atoms with Gasteiger partial charge in [-0.1, -0.05) is 0 Å². The second-order valence-electron chi connectivity index (χ2n) is 4.98. The van der Waals surface area contributed by atoms with Crippen LogP contribution in [-0.2, 0) is 29.8 Å². The van der Waals surface area contributed by atoms with E-state index in [4.69, 9.17) is 0 Å². The molecule has 2 aliphatic rings. The van der Waals surface area contributed by atoms with Gasteiger partial charge in [-0.2, -0.15) is 0 Å². The van der Waals surface area contributed by atoms with Crippen LogP contribution in [0.4, 0.5) is 0 Å². The van der Waals surface area contributed by atoms with Crippen LogP contribution >= 0.6 is 0 Å². The highest BCUT2D eigenvalue weighted by Gasteiger charge is 2.55. The van der Waals surface area contributed by atoms with Crippen molar-refractivity contribution in [1.29, 1.82) is 0 Å². The Bertz CT molecular complexity index is 474. The van der Waals surface area contributed by atoms with Gasteiger partial charge in [0.25, 0.3) is 0 Å². The van der Waals surface area contributed by atoms with Crippen LogP contribution in [0.1, 0.15) is 42.9 Å². The monoisotopic (exact) mass is 236 g/mol. The molecule has 0 amide bonds. The number of nitrogens with zero attached hydrogens (tertiary/aromatic N) is 2. The fourth-order valence-corrected chi connectivity index (χ4v) is 2.77. The molecule has 0 radical (unpaired) electrons. The van der Waals surface area contributed by atoms with Crippen molar-refractivity contribution in [3.8, 4) is 0 Å². The Morgan fingerprint density at radius 3 is 2.76 bits per heavy atom. The number of fused-ring (bicyclic) bond motifs is 1. The normalized spacial score (nSPS) is 21.0. The summed E-state index contributed by atoms with van der Waals surface area (Å²) in [6, 6.07) is 0. The molecule has 0 atom stereocenters. The van der Waals surface area contributed by atoms with Crippen LogP contribution in [0, 0.1) is 0 Å². The van der Waals surface area contributed by atoms with Gasteiger partial charge in [-0.3, -0.25) is 4.79 Å². The number of aliphatic hydroxyl groups is 1. The van der Waals surface area contributed by atoms with E-state index in [0.717, 1.165) is 31.5 Å². The number of aliphatic carboxylic acids is 1. The van der Waals surface area contributed by atoms with Gasteiger partial charge >= 0.3 is 5.97 Å². The zero-order valence-corrected chi connectivity index (χ0v) is 9.65. The van der Waals surface area contributed by atoms with Gasteiger partial charge in [-0.25, -0.2) is 4.98 Å². The van der Waals surface area contributed by atoms with Crippen LogP contribution in [0.2, 0.25) is 0 Å². The molecule has 1 aliphatic carbocycles. The molecular weight excluding hydrogens is 220 g/mol. The third kappa shape index (κ3) is 1.42. The van der Waals surface area contributed by atoms with E-state index in [-0.39, 0.29) is 6.61 Å². The summed E-state index contributed by atoms with van der Waals surface area (Å²) >= 11 is 0. The first-order valence-electron chi connectivity index (χ1n) is 6.12. The Morgan fingerprint density at radius 2 is 2.18 bits per heavy atom. The van der Waals surface area contributed by atoms with Crippen molar-refractivity contribution in [3.05, 3.63) is 17.2 Å². The third-order valence-electron chi connectivity index (χ3n) is 3.94. The van der Waals surface area contributed by atoms with Crippen LogP contribution < -0.4 is 0 Å². The molecule has 1 aromatic rings. The molecule has 2 heterocycles. The van der Waals surface area contributed by atoms with Crippen molar-refractivity contribution >= 4 is 5.97 Å². The molecule has 1 saturated carbocycles. The Balaban J connectivity index is 2.11. The Hall–Kier alpha value is -1.36. The van der Waals surface area contributed by atoms with Crippen LogP contribution in [0.15, 0.2) is 0 Å². The lowest BCUT2D eigenvalue weighted by Gasteiger charge is -2.19. The molecule has 92 valence electrons. The molecule has 2 N–H and O–H groups in total. The van der Waals surface area contributed by atoms with E-state index in [1.54, 1.807) is 0 Å². The number of carboxylic acid groups (broad SMARTS) is 1. The van der Waals surface area contributed by atoms with Crippen LogP contribution in [-0.4, -0.2) is 25.7 Å². The van der Waals surface area contributed by atoms with Crippen LogP contribution in [0.5, 0.6) is 0 Å². The second kappa shape index (κ2) is 3.57. The standard InChI is InChI=1S/C12H16N2O3/c15-7-8-9-3-1-2-6-14(9)10(13-8)12(4-5-12)11(16)17/h15H,1-7H2,(H,16,17). The molecule has 3 rings (SSSR count). The lowest BCUT2D eigenvalue weighted by atomic mass is 10.1. The van der Waals surface area contributed by atoms with Crippen molar-refractivity contribution in [3.63, 3.8) is 0 Å². The molecule has 0 aromatic carbocycles. The summed E-state index contributed by atoms with van der Waals surface area (Å²) in [6.07, 6.45) is 4.40. The lowest BCUT2D eigenvalue weighted by Crippen LogP contribution is -2.26. The molecule has 17 heavy (non-hydrogen) atoms. The highest BCUT2D eigenvalue weighted by atomic mass is 16.4. The summed E-state index contributed by atoms with van der Waals surface area (Å²) in [6.45, 7) is 0.748. The maximum Gasteiger partial charge on any atom is 0.317 e. The first kappa shape index (κ1) is 10.8. The van der Waals surface area contributed by atoms with Gasteiger partial charge in [-0.15, -0.1) is 0 Å². The van der Waals surface area contributed by atoms with Gasteiger partial charge in [0.2, 0.25) is 0 Å². The van der Waals surface area contributed by atoms with E-state index < -0.39 is 11.4 Å². The van der Waals surface area contributed by atoms with Gasteiger partial charge in [0, 0.05) is 12.2 Å². The smallest absolute Gasteiger partial charge is 0.317 e. The predicted molar refractivity (Wildman–Crippen MR) is 59.6 cm³/mol. The number of imidazole rings is 1. The number of aliphatic hydroxyl groups excluding tert-OH is 1. The number of rotatable bonds is 3. The molecule has 0 spiro atoms. The minimum atomic E-state index is -0.777. The number of hydrogen-bond donors (Lipinski definition) is 2. The predicted octanol–water partition coefficient (Wildman–Crippen LogP) is 0.828. The summed E-state index contributed by atoms with van der Waals surface area (Å²) in [4.78, 5) is 15.7. The molecular formula is C12H16N2O3. The molecule has 0 saturated heterocycles. The topological polar surface area (TPSA) is 75.3 Å². The number of carbonyl (C=O) groups is 1. The molecule has 5 nitrogen and oxygen atoms in total. The maximum atomic E-state index is 11.4. The fraction of sp³-hybridized carbons (Fsp3) is 0.667. The van der Waals surface area contributed by atoms with E-state index in [1.807, 2.05) is 4.57 Å². The van der Waals surface area contributed by atoms with Gasteiger partial charge in [0.15, 0.2) is 0 Å². The largest absolute Gasteiger partial charge is 0.480 e. The first-order valence-corrected chi connectivity index (χ1v) is 6.12. The zero-order valence-electron chi connectivity index (χ0n) is 9.65. The van der Waals surface area contributed by atoms with Crippen molar-refractivity contribution in [2.24, 2.45) is 0 Å². The molecule has 1 fully saturated rings. The molecule has 0 bridgehead atoms. The van der Waals surface area contributed by atoms with Crippen molar-refractivity contribution in [2.45, 2.75) is 50.7 Å². The minimum Gasteiger partial charge on any atom is -0.480 e. The van der Waals surface area contributed by atoms with Crippen molar-refractivity contribution in [2.75, 3.05) is 0 Å². The summed E-state index contributed by atoms with van der Waals surface area (Å²) in [5.74, 6) is -0.107.